The highest BCUT2D eigenvalue weighted by Crippen LogP contribution is 2.13. The molecule has 2 aromatic rings. The fourth-order valence-corrected chi connectivity index (χ4v) is 2.03. The van der Waals surface area contributed by atoms with Gasteiger partial charge in [0.25, 0.3) is 0 Å². The van der Waals surface area contributed by atoms with Crippen molar-refractivity contribution >= 4 is 34.8 Å². The molecule has 0 aliphatic rings. The molecule has 5 nitrogen and oxygen atoms in total. The maximum atomic E-state index is 11.8. The molecule has 23 heavy (non-hydrogen) atoms. The number of amides is 1. The standard InChI is InChI=1S/C17H19ClN4O/c18-13-8-10-15(11-9-13)21-16(23)7-4-12-20-17(19)22-14-5-2-1-3-6-14/h1-3,5-6,8-11H,4,7,12H2,(H,21,23)(H3,19,20,22). The molecule has 0 atom stereocenters. The van der Waals surface area contributed by atoms with Gasteiger partial charge in [0.05, 0.1) is 0 Å². The molecule has 0 heterocycles. The molecule has 0 aromatic heterocycles. The van der Waals surface area contributed by atoms with E-state index in [4.69, 9.17) is 17.3 Å². The van der Waals surface area contributed by atoms with Crippen LogP contribution in [0.25, 0.3) is 0 Å². The molecule has 0 aliphatic carbocycles. The quantitative estimate of drug-likeness (QED) is 0.431. The first-order valence-electron chi connectivity index (χ1n) is 7.31. The van der Waals surface area contributed by atoms with Crippen molar-refractivity contribution in [1.82, 2.24) is 0 Å². The van der Waals surface area contributed by atoms with E-state index in [-0.39, 0.29) is 5.91 Å². The maximum absolute atomic E-state index is 11.8. The Hall–Kier alpha value is -2.53. The first-order chi connectivity index (χ1) is 11.1. The zero-order chi connectivity index (χ0) is 16.5. The third kappa shape index (κ3) is 6.40. The van der Waals surface area contributed by atoms with Crippen molar-refractivity contribution in [3.63, 3.8) is 0 Å². The number of halogens is 1. The SMILES string of the molecule is NC(=NCCCC(=O)Nc1ccc(Cl)cc1)Nc1ccccc1. The molecule has 0 fully saturated rings. The Balaban J connectivity index is 1.68. The Morgan fingerprint density at radius 2 is 1.65 bits per heavy atom. The number of aliphatic imine (C=N–C) groups is 1. The van der Waals surface area contributed by atoms with Crippen LogP contribution in [0.15, 0.2) is 59.6 Å². The molecular formula is C17H19ClN4O. The number of guanidine groups is 1. The summed E-state index contributed by atoms with van der Waals surface area (Å²) < 4.78 is 0. The fraction of sp³-hybridized carbons (Fsp3) is 0.176. The van der Waals surface area contributed by atoms with Gasteiger partial charge in [0.1, 0.15) is 0 Å². The van der Waals surface area contributed by atoms with Crippen LogP contribution < -0.4 is 16.4 Å². The Kier molecular flexibility index (Phi) is 6.44. The van der Waals surface area contributed by atoms with Crippen LogP contribution in [0.3, 0.4) is 0 Å². The average Bonchev–Trinajstić information content (AvgIpc) is 2.55. The van der Waals surface area contributed by atoms with Crippen LogP contribution in [0.1, 0.15) is 12.8 Å². The van der Waals surface area contributed by atoms with Gasteiger partial charge in [-0.1, -0.05) is 29.8 Å². The molecule has 0 bridgehead atoms. The van der Waals surface area contributed by atoms with Gasteiger partial charge in [0.15, 0.2) is 5.96 Å². The number of rotatable bonds is 6. The summed E-state index contributed by atoms with van der Waals surface area (Å²) in [7, 11) is 0. The Bertz CT molecular complexity index is 656. The van der Waals surface area contributed by atoms with E-state index in [0.29, 0.717) is 30.4 Å². The van der Waals surface area contributed by atoms with Crippen LogP contribution in [-0.2, 0) is 4.79 Å². The summed E-state index contributed by atoms with van der Waals surface area (Å²) in [5.74, 6) is 0.284. The molecule has 2 aromatic carbocycles. The van der Waals surface area contributed by atoms with Crippen LogP contribution in [0, 0.1) is 0 Å². The van der Waals surface area contributed by atoms with Gasteiger partial charge in [0, 0.05) is 29.4 Å². The van der Waals surface area contributed by atoms with Gasteiger partial charge in [-0.05, 0) is 42.8 Å². The maximum Gasteiger partial charge on any atom is 0.224 e. The highest BCUT2D eigenvalue weighted by atomic mass is 35.5. The van der Waals surface area contributed by atoms with Crippen molar-refractivity contribution in [1.29, 1.82) is 0 Å². The van der Waals surface area contributed by atoms with Gasteiger partial charge in [-0.15, -0.1) is 0 Å². The smallest absolute Gasteiger partial charge is 0.224 e. The van der Waals surface area contributed by atoms with E-state index in [2.05, 4.69) is 15.6 Å². The number of carbonyl (C=O) groups is 1. The predicted octanol–water partition coefficient (Wildman–Crippen LogP) is 3.49. The first-order valence-corrected chi connectivity index (χ1v) is 7.69. The second-order valence-corrected chi connectivity index (χ2v) is 5.35. The van der Waals surface area contributed by atoms with Gasteiger partial charge in [-0.25, -0.2) is 0 Å². The minimum Gasteiger partial charge on any atom is -0.370 e. The predicted molar refractivity (Wildman–Crippen MR) is 95.9 cm³/mol. The zero-order valence-corrected chi connectivity index (χ0v) is 13.4. The topological polar surface area (TPSA) is 79.5 Å². The normalized spacial score (nSPS) is 11.1. The van der Waals surface area contributed by atoms with Gasteiger partial charge in [-0.2, -0.15) is 0 Å². The monoisotopic (exact) mass is 330 g/mol. The van der Waals surface area contributed by atoms with Crippen molar-refractivity contribution in [2.75, 3.05) is 17.2 Å². The fourth-order valence-electron chi connectivity index (χ4n) is 1.90. The number of para-hydroxylation sites is 1. The lowest BCUT2D eigenvalue weighted by molar-refractivity contribution is -0.116. The van der Waals surface area contributed by atoms with E-state index in [1.807, 2.05) is 30.3 Å². The lowest BCUT2D eigenvalue weighted by atomic mass is 10.2. The summed E-state index contributed by atoms with van der Waals surface area (Å²) in [6.07, 6.45) is 1.00. The van der Waals surface area contributed by atoms with Crippen LogP contribution in [0.2, 0.25) is 5.02 Å². The molecule has 0 saturated carbocycles. The molecule has 1 amide bonds. The third-order valence-electron chi connectivity index (χ3n) is 3.02. The van der Waals surface area contributed by atoms with Gasteiger partial charge in [0.2, 0.25) is 5.91 Å². The third-order valence-corrected chi connectivity index (χ3v) is 3.27. The second kappa shape index (κ2) is 8.80. The van der Waals surface area contributed by atoms with Crippen molar-refractivity contribution < 1.29 is 4.79 Å². The zero-order valence-electron chi connectivity index (χ0n) is 12.6. The number of anilines is 2. The number of hydrogen-bond acceptors (Lipinski definition) is 2. The van der Waals surface area contributed by atoms with Crippen LogP contribution >= 0.6 is 11.6 Å². The number of hydrogen-bond donors (Lipinski definition) is 3. The molecule has 6 heteroatoms. The van der Waals surface area contributed by atoms with E-state index >= 15 is 0 Å². The Morgan fingerprint density at radius 1 is 1.00 bits per heavy atom. The number of nitrogens with two attached hydrogens (primary N) is 1. The van der Waals surface area contributed by atoms with Crippen LogP contribution in [-0.4, -0.2) is 18.4 Å². The Labute approximate surface area is 140 Å². The number of nitrogens with one attached hydrogen (secondary N) is 2. The minimum atomic E-state index is -0.0582. The second-order valence-electron chi connectivity index (χ2n) is 4.92. The van der Waals surface area contributed by atoms with E-state index in [1.54, 1.807) is 24.3 Å². The van der Waals surface area contributed by atoms with Crippen molar-refractivity contribution in [2.24, 2.45) is 10.7 Å². The molecule has 0 unspecified atom stereocenters. The van der Waals surface area contributed by atoms with Crippen molar-refractivity contribution in [3.8, 4) is 0 Å². The van der Waals surface area contributed by atoms with E-state index in [9.17, 15) is 4.79 Å². The lowest BCUT2D eigenvalue weighted by Crippen LogP contribution is -2.23. The molecule has 2 rings (SSSR count). The summed E-state index contributed by atoms with van der Waals surface area (Å²) >= 11 is 5.79. The highest BCUT2D eigenvalue weighted by Gasteiger charge is 2.02. The molecule has 0 aliphatic heterocycles. The lowest BCUT2D eigenvalue weighted by Gasteiger charge is -2.06. The number of benzene rings is 2. The Morgan fingerprint density at radius 3 is 2.35 bits per heavy atom. The molecule has 0 saturated heterocycles. The first kappa shape index (κ1) is 16.8. The molecular weight excluding hydrogens is 312 g/mol. The molecule has 0 radical (unpaired) electrons. The minimum absolute atomic E-state index is 0.0582. The largest absolute Gasteiger partial charge is 0.370 e. The van der Waals surface area contributed by atoms with Crippen molar-refractivity contribution in [3.05, 3.63) is 59.6 Å². The summed E-state index contributed by atoms with van der Waals surface area (Å²) in [5, 5.41) is 6.43. The van der Waals surface area contributed by atoms with E-state index in [1.165, 1.54) is 0 Å². The van der Waals surface area contributed by atoms with E-state index < -0.39 is 0 Å². The average molecular weight is 331 g/mol. The number of nitrogens with zero attached hydrogens (tertiary/aromatic N) is 1. The van der Waals surface area contributed by atoms with Crippen LogP contribution in [0.4, 0.5) is 11.4 Å². The molecule has 120 valence electrons. The summed E-state index contributed by atoms with van der Waals surface area (Å²) in [6, 6.07) is 16.6. The summed E-state index contributed by atoms with van der Waals surface area (Å²) in [5.41, 5.74) is 7.40. The molecule has 0 spiro atoms. The van der Waals surface area contributed by atoms with Gasteiger partial charge < -0.3 is 16.4 Å². The van der Waals surface area contributed by atoms with Gasteiger partial charge >= 0.3 is 0 Å². The molecule has 4 N–H and O–H groups in total. The summed E-state index contributed by atoms with van der Waals surface area (Å²) in [4.78, 5) is 16.0. The highest BCUT2D eigenvalue weighted by molar-refractivity contribution is 6.30. The summed E-state index contributed by atoms with van der Waals surface area (Å²) in [6.45, 7) is 0.486. The van der Waals surface area contributed by atoms with E-state index in [0.717, 1.165) is 11.4 Å². The van der Waals surface area contributed by atoms with Gasteiger partial charge in [-0.3, -0.25) is 9.79 Å². The van der Waals surface area contributed by atoms with Crippen molar-refractivity contribution in [2.45, 2.75) is 12.8 Å². The van der Waals surface area contributed by atoms with Crippen LogP contribution in [0.5, 0.6) is 0 Å². The number of carbonyl (C=O) groups excluding carboxylic acids is 1.